The van der Waals surface area contributed by atoms with Gasteiger partial charge < -0.3 is 10.6 Å². The summed E-state index contributed by atoms with van der Waals surface area (Å²) >= 11 is 6.02. The summed E-state index contributed by atoms with van der Waals surface area (Å²) in [6, 6.07) is 5.66. The molecule has 0 saturated carbocycles. The first kappa shape index (κ1) is 11.1. The highest BCUT2D eigenvalue weighted by molar-refractivity contribution is 6.31. The van der Waals surface area contributed by atoms with Crippen LogP contribution in [0.5, 0.6) is 0 Å². The average Bonchev–Trinajstić information content (AvgIpc) is 2.65. The van der Waals surface area contributed by atoms with Crippen molar-refractivity contribution < 1.29 is 4.79 Å². The van der Waals surface area contributed by atoms with Crippen LogP contribution in [0.15, 0.2) is 18.2 Å². The van der Waals surface area contributed by atoms with E-state index in [9.17, 15) is 4.79 Å². The molecule has 0 aliphatic carbocycles. The highest BCUT2D eigenvalue weighted by atomic mass is 35.5. The second-order valence-corrected chi connectivity index (χ2v) is 5.22. The van der Waals surface area contributed by atoms with E-state index in [4.69, 9.17) is 11.6 Å². The minimum Gasteiger partial charge on any atom is -0.325 e. The van der Waals surface area contributed by atoms with Gasteiger partial charge in [0.1, 0.15) is 0 Å². The van der Waals surface area contributed by atoms with Crippen LogP contribution < -0.4 is 10.6 Å². The van der Waals surface area contributed by atoms with Crippen LogP contribution in [0.1, 0.15) is 24.3 Å². The number of benzene rings is 1. The summed E-state index contributed by atoms with van der Waals surface area (Å²) in [6.45, 7) is 2.01. The molecule has 17 heavy (non-hydrogen) atoms. The van der Waals surface area contributed by atoms with E-state index in [1.165, 1.54) is 0 Å². The lowest BCUT2D eigenvalue weighted by molar-refractivity contribution is -0.118. The third-order valence-corrected chi connectivity index (χ3v) is 3.98. The van der Waals surface area contributed by atoms with Crippen LogP contribution in [0.2, 0.25) is 5.02 Å². The van der Waals surface area contributed by atoms with Crippen molar-refractivity contribution in [2.24, 2.45) is 5.92 Å². The molecule has 0 spiro atoms. The third-order valence-electron chi connectivity index (χ3n) is 3.74. The van der Waals surface area contributed by atoms with Crippen LogP contribution in [0.25, 0.3) is 0 Å². The molecular weight excluding hydrogens is 236 g/mol. The summed E-state index contributed by atoms with van der Waals surface area (Å²) in [7, 11) is 0. The molecule has 1 aromatic rings. The van der Waals surface area contributed by atoms with Crippen molar-refractivity contribution in [3.05, 3.63) is 28.8 Å². The van der Waals surface area contributed by atoms with Gasteiger partial charge in [0.15, 0.2) is 0 Å². The Balaban J connectivity index is 1.95. The SMILES string of the molecule is O=C1Nc2ccc(Cl)cc2C1C1CCNCC1. The maximum Gasteiger partial charge on any atom is 0.232 e. The van der Waals surface area contributed by atoms with E-state index >= 15 is 0 Å². The molecule has 2 aliphatic rings. The van der Waals surface area contributed by atoms with Gasteiger partial charge in [0.05, 0.1) is 5.92 Å². The Bertz CT molecular complexity index is 455. The number of nitrogens with one attached hydrogen (secondary N) is 2. The van der Waals surface area contributed by atoms with Crippen molar-refractivity contribution >= 4 is 23.2 Å². The van der Waals surface area contributed by atoms with Crippen LogP contribution in [0.3, 0.4) is 0 Å². The fourth-order valence-corrected chi connectivity index (χ4v) is 3.08. The van der Waals surface area contributed by atoms with Crippen molar-refractivity contribution in [3.63, 3.8) is 0 Å². The van der Waals surface area contributed by atoms with Crippen LogP contribution in [0, 0.1) is 5.92 Å². The first-order valence-corrected chi connectivity index (χ1v) is 6.44. The van der Waals surface area contributed by atoms with E-state index in [2.05, 4.69) is 10.6 Å². The van der Waals surface area contributed by atoms with E-state index in [1.54, 1.807) is 0 Å². The quantitative estimate of drug-likeness (QED) is 0.804. The third kappa shape index (κ3) is 1.94. The molecule has 1 atom stereocenters. The fourth-order valence-electron chi connectivity index (χ4n) is 2.90. The number of carbonyl (C=O) groups is 1. The molecule has 3 nitrogen and oxygen atoms in total. The van der Waals surface area contributed by atoms with Gasteiger partial charge in [0.25, 0.3) is 0 Å². The lowest BCUT2D eigenvalue weighted by atomic mass is 9.81. The normalized spacial score (nSPS) is 24.5. The molecule has 0 radical (unpaired) electrons. The molecule has 2 heterocycles. The number of piperidine rings is 1. The molecule has 1 fully saturated rings. The first-order chi connectivity index (χ1) is 8.25. The number of amides is 1. The van der Waals surface area contributed by atoms with E-state index in [0.29, 0.717) is 10.9 Å². The zero-order chi connectivity index (χ0) is 11.8. The van der Waals surface area contributed by atoms with Gasteiger partial charge in [0, 0.05) is 10.7 Å². The Labute approximate surface area is 106 Å². The van der Waals surface area contributed by atoms with E-state index in [1.807, 2.05) is 18.2 Å². The Morgan fingerprint density at radius 3 is 2.76 bits per heavy atom. The molecular formula is C13H15ClN2O. The topological polar surface area (TPSA) is 41.1 Å². The molecule has 0 aromatic heterocycles. The monoisotopic (exact) mass is 250 g/mol. The Morgan fingerprint density at radius 1 is 1.24 bits per heavy atom. The van der Waals surface area contributed by atoms with Crippen molar-refractivity contribution in [2.45, 2.75) is 18.8 Å². The van der Waals surface area contributed by atoms with E-state index in [-0.39, 0.29) is 11.8 Å². The van der Waals surface area contributed by atoms with E-state index in [0.717, 1.165) is 37.2 Å². The fraction of sp³-hybridized carbons (Fsp3) is 0.462. The van der Waals surface area contributed by atoms with Crippen LogP contribution in [-0.4, -0.2) is 19.0 Å². The van der Waals surface area contributed by atoms with Gasteiger partial charge in [0.2, 0.25) is 5.91 Å². The molecule has 2 aliphatic heterocycles. The van der Waals surface area contributed by atoms with Gasteiger partial charge in [-0.15, -0.1) is 0 Å². The summed E-state index contributed by atoms with van der Waals surface area (Å²) < 4.78 is 0. The smallest absolute Gasteiger partial charge is 0.232 e. The van der Waals surface area contributed by atoms with Crippen molar-refractivity contribution in [3.8, 4) is 0 Å². The molecule has 1 unspecified atom stereocenters. The molecule has 1 aromatic carbocycles. The minimum absolute atomic E-state index is 0.00852. The summed E-state index contributed by atoms with van der Waals surface area (Å²) in [5.74, 6) is 0.566. The molecule has 1 amide bonds. The highest BCUT2D eigenvalue weighted by Gasteiger charge is 2.37. The summed E-state index contributed by atoms with van der Waals surface area (Å²) in [5, 5.41) is 6.99. The van der Waals surface area contributed by atoms with Gasteiger partial charge in [-0.2, -0.15) is 0 Å². The van der Waals surface area contributed by atoms with Gasteiger partial charge >= 0.3 is 0 Å². The number of hydrogen-bond donors (Lipinski definition) is 2. The second kappa shape index (κ2) is 4.31. The Kier molecular flexibility index (Phi) is 2.81. The van der Waals surface area contributed by atoms with Gasteiger partial charge in [-0.05, 0) is 55.6 Å². The predicted molar refractivity (Wildman–Crippen MR) is 68.4 cm³/mol. The lowest BCUT2D eigenvalue weighted by Gasteiger charge is -2.26. The summed E-state index contributed by atoms with van der Waals surface area (Å²) in [6.07, 6.45) is 2.12. The molecule has 1 saturated heterocycles. The zero-order valence-electron chi connectivity index (χ0n) is 9.50. The molecule has 2 N–H and O–H groups in total. The van der Waals surface area contributed by atoms with Gasteiger partial charge in [-0.1, -0.05) is 11.6 Å². The predicted octanol–water partition coefficient (Wildman–Crippen LogP) is 2.38. The number of halogens is 1. The largest absolute Gasteiger partial charge is 0.325 e. The van der Waals surface area contributed by atoms with Crippen molar-refractivity contribution in [1.29, 1.82) is 0 Å². The van der Waals surface area contributed by atoms with Crippen molar-refractivity contribution in [1.82, 2.24) is 5.32 Å². The Morgan fingerprint density at radius 2 is 2.00 bits per heavy atom. The standard InChI is InChI=1S/C13H15ClN2O/c14-9-1-2-11-10(7-9)12(13(17)16-11)8-3-5-15-6-4-8/h1-2,7-8,12,15H,3-6H2,(H,16,17). The summed E-state index contributed by atoms with van der Waals surface area (Å²) in [4.78, 5) is 12.1. The number of hydrogen-bond acceptors (Lipinski definition) is 2. The number of rotatable bonds is 1. The zero-order valence-corrected chi connectivity index (χ0v) is 10.3. The minimum atomic E-state index is -0.00852. The van der Waals surface area contributed by atoms with Gasteiger partial charge in [-0.25, -0.2) is 0 Å². The van der Waals surface area contributed by atoms with Gasteiger partial charge in [-0.3, -0.25) is 4.79 Å². The lowest BCUT2D eigenvalue weighted by Crippen LogP contribution is -2.33. The molecule has 4 heteroatoms. The number of fused-ring (bicyclic) bond motifs is 1. The second-order valence-electron chi connectivity index (χ2n) is 4.79. The average molecular weight is 251 g/mol. The maximum atomic E-state index is 12.1. The molecule has 3 rings (SSSR count). The molecule has 0 bridgehead atoms. The van der Waals surface area contributed by atoms with Crippen LogP contribution in [-0.2, 0) is 4.79 Å². The molecule has 90 valence electrons. The van der Waals surface area contributed by atoms with Crippen molar-refractivity contribution in [2.75, 3.05) is 18.4 Å². The Hall–Kier alpha value is -1.06. The maximum absolute atomic E-state index is 12.1. The van der Waals surface area contributed by atoms with Crippen LogP contribution >= 0.6 is 11.6 Å². The van der Waals surface area contributed by atoms with Crippen LogP contribution in [0.4, 0.5) is 5.69 Å². The first-order valence-electron chi connectivity index (χ1n) is 6.07. The number of anilines is 1. The highest BCUT2D eigenvalue weighted by Crippen LogP contribution is 2.41. The van der Waals surface area contributed by atoms with E-state index < -0.39 is 0 Å². The summed E-state index contributed by atoms with van der Waals surface area (Å²) in [5.41, 5.74) is 2.01. The number of carbonyl (C=O) groups excluding carboxylic acids is 1.